The van der Waals surface area contributed by atoms with Gasteiger partial charge >= 0.3 is 0 Å². The number of carbonyl (C=O) groups is 1. The number of rotatable bonds is 6. The van der Waals surface area contributed by atoms with Gasteiger partial charge in [0.25, 0.3) is 5.91 Å². The van der Waals surface area contributed by atoms with Crippen LogP contribution in [0.2, 0.25) is 0 Å². The molecule has 1 aromatic carbocycles. The number of anilines is 2. The van der Waals surface area contributed by atoms with E-state index in [1.54, 1.807) is 13.2 Å². The first-order chi connectivity index (χ1) is 15.9. The lowest BCUT2D eigenvalue weighted by atomic mass is 9.88. The second-order valence-corrected chi connectivity index (χ2v) is 8.58. The SMILES string of the molecule is CNC(=O)c1ccc(CNc2cnc3ccc(N(C)C4CC(O)C4)nc3n2)c2c(C)c[nH]c12. The minimum atomic E-state index is -0.214. The number of hydrogen-bond acceptors (Lipinski definition) is 7. The van der Waals surface area contributed by atoms with Gasteiger partial charge in [0.1, 0.15) is 17.2 Å². The zero-order chi connectivity index (χ0) is 23.1. The van der Waals surface area contributed by atoms with Gasteiger partial charge in [0, 0.05) is 38.3 Å². The Morgan fingerprint density at radius 3 is 2.82 bits per heavy atom. The monoisotopic (exact) mass is 445 g/mol. The van der Waals surface area contributed by atoms with Gasteiger partial charge in [-0.2, -0.15) is 0 Å². The van der Waals surface area contributed by atoms with E-state index in [0.717, 1.165) is 46.2 Å². The van der Waals surface area contributed by atoms with Crippen LogP contribution in [0.25, 0.3) is 22.1 Å². The van der Waals surface area contributed by atoms with Gasteiger partial charge in [0.15, 0.2) is 5.65 Å². The van der Waals surface area contributed by atoms with E-state index in [4.69, 9.17) is 4.98 Å². The number of amides is 1. The molecule has 9 heteroatoms. The number of aromatic nitrogens is 4. The molecule has 5 rings (SSSR count). The molecule has 3 aromatic heterocycles. The Bertz CT molecular complexity index is 1340. The number of aliphatic hydroxyl groups is 1. The Morgan fingerprint density at radius 1 is 1.24 bits per heavy atom. The lowest BCUT2D eigenvalue weighted by molar-refractivity contribution is 0.0748. The molecule has 1 aliphatic rings. The molecule has 3 heterocycles. The fraction of sp³-hybridized carbons (Fsp3) is 0.333. The highest BCUT2D eigenvalue weighted by Gasteiger charge is 2.31. The summed E-state index contributed by atoms with van der Waals surface area (Å²) in [5.74, 6) is 1.33. The molecule has 1 saturated carbocycles. The van der Waals surface area contributed by atoms with E-state index in [9.17, 15) is 9.90 Å². The van der Waals surface area contributed by atoms with E-state index in [1.165, 1.54) is 0 Å². The van der Waals surface area contributed by atoms with Crippen LogP contribution in [0.1, 0.15) is 34.3 Å². The molecule has 9 nitrogen and oxygen atoms in total. The molecule has 0 bridgehead atoms. The number of pyridine rings is 1. The highest BCUT2D eigenvalue weighted by Crippen LogP contribution is 2.29. The van der Waals surface area contributed by atoms with E-state index in [1.807, 2.05) is 44.4 Å². The van der Waals surface area contributed by atoms with E-state index in [2.05, 4.69) is 30.5 Å². The first kappa shape index (κ1) is 21.1. The number of H-pyrrole nitrogens is 1. The highest BCUT2D eigenvalue weighted by atomic mass is 16.3. The molecule has 0 saturated heterocycles. The largest absolute Gasteiger partial charge is 0.393 e. The predicted octanol–water partition coefficient (Wildman–Crippen LogP) is 2.75. The van der Waals surface area contributed by atoms with Crippen molar-refractivity contribution in [2.24, 2.45) is 0 Å². The summed E-state index contributed by atoms with van der Waals surface area (Å²) in [7, 11) is 3.62. The van der Waals surface area contributed by atoms with Crippen molar-refractivity contribution in [2.45, 2.75) is 38.5 Å². The zero-order valence-corrected chi connectivity index (χ0v) is 18.9. The van der Waals surface area contributed by atoms with Crippen molar-refractivity contribution in [2.75, 3.05) is 24.3 Å². The number of aryl methyl sites for hydroxylation is 1. The minimum Gasteiger partial charge on any atom is -0.393 e. The molecule has 0 radical (unpaired) electrons. The smallest absolute Gasteiger partial charge is 0.253 e. The van der Waals surface area contributed by atoms with Crippen LogP contribution in [-0.2, 0) is 6.54 Å². The molecular formula is C24H27N7O2. The van der Waals surface area contributed by atoms with Gasteiger partial charge in [-0.1, -0.05) is 6.07 Å². The summed E-state index contributed by atoms with van der Waals surface area (Å²) in [6.07, 6.45) is 4.92. The maximum Gasteiger partial charge on any atom is 0.253 e. The van der Waals surface area contributed by atoms with E-state index >= 15 is 0 Å². The summed E-state index contributed by atoms with van der Waals surface area (Å²) < 4.78 is 0. The van der Waals surface area contributed by atoms with Crippen LogP contribution in [0.4, 0.5) is 11.6 Å². The van der Waals surface area contributed by atoms with Crippen molar-refractivity contribution in [3.8, 4) is 0 Å². The third kappa shape index (κ3) is 3.84. The van der Waals surface area contributed by atoms with Crippen molar-refractivity contribution in [1.82, 2.24) is 25.3 Å². The lowest BCUT2D eigenvalue weighted by Crippen LogP contribution is -2.45. The number of fused-ring (bicyclic) bond motifs is 2. The normalized spacial score (nSPS) is 17.7. The molecule has 0 atom stereocenters. The molecule has 1 amide bonds. The number of nitrogens with one attached hydrogen (secondary N) is 3. The molecule has 170 valence electrons. The van der Waals surface area contributed by atoms with Crippen LogP contribution in [0.15, 0.2) is 36.7 Å². The lowest BCUT2D eigenvalue weighted by Gasteiger charge is -2.39. The second-order valence-electron chi connectivity index (χ2n) is 8.58. The fourth-order valence-corrected chi connectivity index (χ4v) is 4.39. The Balaban J connectivity index is 1.39. The molecule has 0 aliphatic heterocycles. The Kier molecular flexibility index (Phi) is 5.33. The number of benzene rings is 1. The Labute approximate surface area is 191 Å². The van der Waals surface area contributed by atoms with E-state index in [0.29, 0.717) is 29.6 Å². The maximum absolute atomic E-state index is 12.2. The van der Waals surface area contributed by atoms with Crippen LogP contribution >= 0.6 is 0 Å². The van der Waals surface area contributed by atoms with Crippen molar-refractivity contribution >= 4 is 39.6 Å². The van der Waals surface area contributed by atoms with Gasteiger partial charge < -0.3 is 25.6 Å². The number of nitrogens with zero attached hydrogens (tertiary/aromatic N) is 4. The first-order valence-electron chi connectivity index (χ1n) is 11.0. The molecule has 1 fully saturated rings. The summed E-state index contributed by atoms with van der Waals surface area (Å²) in [5, 5.41) is 16.7. The van der Waals surface area contributed by atoms with Crippen LogP contribution in [-0.4, -0.2) is 57.2 Å². The number of aliphatic hydroxyl groups excluding tert-OH is 1. The summed E-state index contributed by atoms with van der Waals surface area (Å²) in [6, 6.07) is 7.96. The molecule has 4 aromatic rings. The van der Waals surface area contributed by atoms with E-state index < -0.39 is 0 Å². The average Bonchev–Trinajstić information content (AvgIpc) is 3.21. The maximum atomic E-state index is 12.2. The van der Waals surface area contributed by atoms with Gasteiger partial charge in [-0.25, -0.2) is 15.0 Å². The van der Waals surface area contributed by atoms with Gasteiger partial charge in [-0.05, 0) is 49.1 Å². The van der Waals surface area contributed by atoms with Crippen molar-refractivity contribution in [3.63, 3.8) is 0 Å². The van der Waals surface area contributed by atoms with Crippen molar-refractivity contribution < 1.29 is 9.90 Å². The van der Waals surface area contributed by atoms with E-state index in [-0.39, 0.29) is 12.0 Å². The first-order valence-corrected chi connectivity index (χ1v) is 11.0. The standard InChI is InChI=1S/C24H27N7O2/c1-13-10-28-22-17(24(33)25-2)5-4-14(21(13)22)11-27-19-12-26-18-6-7-20(30-23(18)29-19)31(3)15-8-16(32)9-15/h4-7,10,12,15-16,28,32H,8-9,11H2,1-3H3,(H,25,33)(H,27,29,30). The molecule has 1 aliphatic carbocycles. The summed E-state index contributed by atoms with van der Waals surface area (Å²) in [6.45, 7) is 2.55. The molecule has 0 spiro atoms. The van der Waals surface area contributed by atoms with Gasteiger partial charge in [-0.3, -0.25) is 4.79 Å². The van der Waals surface area contributed by atoms with Gasteiger partial charge in [0.2, 0.25) is 0 Å². The zero-order valence-electron chi connectivity index (χ0n) is 18.9. The van der Waals surface area contributed by atoms with Crippen molar-refractivity contribution in [1.29, 1.82) is 0 Å². The fourth-order valence-electron chi connectivity index (χ4n) is 4.39. The Hall–Kier alpha value is -3.72. The predicted molar refractivity (Wildman–Crippen MR) is 129 cm³/mol. The summed E-state index contributed by atoms with van der Waals surface area (Å²) >= 11 is 0. The summed E-state index contributed by atoms with van der Waals surface area (Å²) in [5.41, 5.74) is 4.88. The number of aromatic amines is 1. The quantitative estimate of drug-likeness (QED) is 0.360. The average molecular weight is 446 g/mol. The molecule has 4 N–H and O–H groups in total. The highest BCUT2D eigenvalue weighted by molar-refractivity contribution is 6.07. The number of hydrogen-bond donors (Lipinski definition) is 4. The van der Waals surface area contributed by atoms with Crippen LogP contribution in [0, 0.1) is 6.92 Å². The topological polar surface area (TPSA) is 119 Å². The third-order valence-electron chi connectivity index (χ3n) is 6.44. The molecule has 0 unspecified atom stereocenters. The summed E-state index contributed by atoms with van der Waals surface area (Å²) in [4.78, 5) is 31.4. The Morgan fingerprint density at radius 2 is 2.06 bits per heavy atom. The molecule has 33 heavy (non-hydrogen) atoms. The van der Waals surface area contributed by atoms with Crippen LogP contribution in [0.3, 0.4) is 0 Å². The van der Waals surface area contributed by atoms with Crippen LogP contribution in [0.5, 0.6) is 0 Å². The molecular weight excluding hydrogens is 418 g/mol. The van der Waals surface area contributed by atoms with Crippen LogP contribution < -0.4 is 15.5 Å². The number of carbonyl (C=O) groups excluding carboxylic acids is 1. The third-order valence-corrected chi connectivity index (χ3v) is 6.44. The van der Waals surface area contributed by atoms with Crippen molar-refractivity contribution in [3.05, 3.63) is 53.3 Å². The minimum absolute atomic E-state index is 0.120. The second kappa shape index (κ2) is 8.32. The van der Waals surface area contributed by atoms with Gasteiger partial charge in [0.05, 0.1) is 23.4 Å². The van der Waals surface area contributed by atoms with Gasteiger partial charge in [-0.15, -0.1) is 0 Å².